The summed E-state index contributed by atoms with van der Waals surface area (Å²) in [6.07, 6.45) is 0. The average molecular weight is 350 g/mol. The van der Waals surface area contributed by atoms with E-state index in [0.29, 0.717) is 11.4 Å². The maximum Gasteiger partial charge on any atom is 0.357 e. The van der Waals surface area contributed by atoms with E-state index in [1.807, 2.05) is 19.1 Å². The molecule has 1 aromatic heterocycles. The molecule has 0 spiro atoms. The van der Waals surface area contributed by atoms with E-state index < -0.39 is 13.4 Å². The normalized spacial score (nSPS) is 12.8. The second-order valence-electron chi connectivity index (χ2n) is 5.18. The standard InChI is InChI=1S/C17H23N2O4P/c1-4-22-24(21,23-5-2)17(14-9-11-15(20)12-10-14)19-16-8-6-7-13(3)18-16/h6-12,17,20H,4-5H2,1-3H3,(H,18,19). The van der Waals surface area contributed by atoms with Crippen molar-refractivity contribution in [2.24, 2.45) is 0 Å². The van der Waals surface area contributed by atoms with Gasteiger partial charge in [0.25, 0.3) is 0 Å². The molecule has 1 aromatic carbocycles. The molecule has 0 aliphatic carbocycles. The summed E-state index contributed by atoms with van der Waals surface area (Å²) in [4.78, 5) is 4.40. The number of aromatic nitrogens is 1. The van der Waals surface area contributed by atoms with Gasteiger partial charge in [-0.25, -0.2) is 4.98 Å². The third kappa shape index (κ3) is 4.57. The lowest BCUT2D eigenvalue weighted by molar-refractivity contribution is 0.214. The highest BCUT2D eigenvalue weighted by molar-refractivity contribution is 7.54. The van der Waals surface area contributed by atoms with Gasteiger partial charge in [0.2, 0.25) is 0 Å². The van der Waals surface area contributed by atoms with Crippen LogP contribution in [0.15, 0.2) is 42.5 Å². The molecule has 0 saturated heterocycles. The minimum absolute atomic E-state index is 0.133. The molecule has 0 radical (unpaired) electrons. The Kier molecular flexibility index (Phi) is 6.37. The Morgan fingerprint density at radius 3 is 2.29 bits per heavy atom. The van der Waals surface area contributed by atoms with Crippen LogP contribution in [0.1, 0.15) is 30.9 Å². The molecule has 0 aliphatic heterocycles. The van der Waals surface area contributed by atoms with Crippen LogP contribution < -0.4 is 5.32 Å². The summed E-state index contributed by atoms with van der Waals surface area (Å²) < 4.78 is 24.3. The van der Waals surface area contributed by atoms with E-state index in [4.69, 9.17) is 9.05 Å². The van der Waals surface area contributed by atoms with E-state index in [1.165, 1.54) is 12.1 Å². The van der Waals surface area contributed by atoms with E-state index in [2.05, 4.69) is 10.3 Å². The fourth-order valence-electron chi connectivity index (χ4n) is 2.31. The van der Waals surface area contributed by atoms with Crippen LogP contribution in [0.25, 0.3) is 0 Å². The third-order valence-electron chi connectivity index (χ3n) is 3.32. The van der Waals surface area contributed by atoms with Gasteiger partial charge < -0.3 is 19.5 Å². The van der Waals surface area contributed by atoms with Gasteiger partial charge in [-0.15, -0.1) is 0 Å². The van der Waals surface area contributed by atoms with E-state index in [1.54, 1.807) is 32.0 Å². The summed E-state index contributed by atoms with van der Waals surface area (Å²) in [5, 5.41) is 12.7. The van der Waals surface area contributed by atoms with Gasteiger partial charge >= 0.3 is 7.60 Å². The van der Waals surface area contributed by atoms with Crippen molar-refractivity contribution in [3.8, 4) is 5.75 Å². The van der Waals surface area contributed by atoms with Gasteiger partial charge in [-0.05, 0) is 50.6 Å². The number of anilines is 1. The van der Waals surface area contributed by atoms with Crippen molar-refractivity contribution in [2.45, 2.75) is 26.6 Å². The molecule has 24 heavy (non-hydrogen) atoms. The first-order chi connectivity index (χ1) is 11.5. The van der Waals surface area contributed by atoms with Crippen LogP contribution in [0.4, 0.5) is 5.82 Å². The first-order valence-electron chi connectivity index (χ1n) is 7.86. The second kappa shape index (κ2) is 8.29. The third-order valence-corrected chi connectivity index (χ3v) is 5.61. The number of hydrogen-bond acceptors (Lipinski definition) is 6. The molecule has 1 heterocycles. The molecule has 130 valence electrons. The van der Waals surface area contributed by atoms with Gasteiger partial charge in [0.05, 0.1) is 13.2 Å². The molecular formula is C17H23N2O4P. The van der Waals surface area contributed by atoms with Crippen LogP contribution in [0.3, 0.4) is 0 Å². The minimum atomic E-state index is -3.48. The number of nitrogens with one attached hydrogen (secondary N) is 1. The van der Waals surface area contributed by atoms with Crippen molar-refractivity contribution in [1.82, 2.24) is 4.98 Å². The van der Waals surface area contributed by atoms with Crippen molar-refractivity contribution < 1.29 is 18.7 Å². The Hall–Kier alpha value is -1.88. The lowest BCUT2D eigenvalue weighted by atomic mass is 10.2. The van der Waals surface area contributed by atoms with E-state index in [-0.39, 0.29) is 19.0 Å². The number of rotatable bonds is 8. The average Bonchev–Trinajstić information content (AvgIpc) is 2.54. The largest absolute Gasteiger partial charge is 0.508 e. The summed E-state index contributed by atoms with van der Waals surface area (Å²) in [6, 6.07) is 12.0. The molecule has 1 atom stereocenters. The van der Waals surface area contributed by atoms with Gasteiger partial charge in [0.15, 0.2) is 5.78 Å². The zero-order chi connectivity index (χ0) is 17.6. The lowest BCUT2D eigenvalue weighted by Crippen LogP contribution is -2.16. The molecule has 7 heteroatoms. The van der Waals surface area contributed by atoms with E-state index >= 15 is 0 Å². The molecule has 2 N–H and O–H groups in total. The van der Waals surface area contributed by atoms with Crippen molar-refractivity contribution >= 4 is 13.4 Å². The zero-order valence-electron chi connectivity index (χ0n) is 14.1. The molecule has 2 aromatic rings. The predicted octanol–water partition coefficient (Wildman–Crippen LogP) is 4.47. The summed E-state index contributed by atoms with van der Waals surface area (Å²) >= 11 is 0. The van der Waals surface area contributed by atoms with Crippen LogP contribution in [-0.4, -0.2) is 23.3 Å². The SMILES string of the molecule is CCOP(=O)(OCC)C(Nc1cccc(C)n1)c1ccc(O)cc1. The van der Waals surface area contributed by atoms with Crippen molar-refractivity contribution in [1.29, 1.82) is 0 Å². The monoisotopic (exact) mass is 350 g/mol. The number of aryl methyl sites for hydroxylation is 1. The quantitative estimate of drug-likeness (QED) is 0.684. The lowest BCUT2D eigenvalue weighted by Gasteiger charge is -2.28. The Balaban J connectivity index is 2.43. The van der Waals surface area contributed by atoms with Crippen LogP contribution in [0.2, 0.25) is 0 Å². The maximum absolute atomic E-state index is 13.3. The highest BCUT2D eigenvalue weighted by Crippen LogP contribution is 2.60. The van der Waals surface area contributed by atoms with Gasteiger partial charge in [-0.1, -0.05) is 18.2 Å². The summed E-state index contributed by atoms with van der Waals surface area (Å²) in [5.74, 6) is -0.0196. The van der Waals surface area contributed by atoms with Crippen molar-refractivity contribution in [3.05, 3.63) is 53.7 Å². The first kappa shape index (κ1) is 18.5. The van der Waals surface area contributed by atoms with Crippen molar-refractivity contribution in [2.75, 3.05) is 18.5 Å². The number of pyridine rings is 1. The fraction of sp³-hybridized carbons (Fsp3) is 0.353. The van der Waals surface area contributed by atoms with Crippen LogP contribution in [-0.2, 0) is 13.6 Å². The second-order valence-corrected chi connectivity index (χ2v) is 7.29. The molecular weight excluding hydrogens is 327 g/mol. The topological polar surface area (TPSA) is 80.7 Å². The van der Waals surface area contributed by atoms with Crippen LogP contribution in [0.5, 0.6) is 5.75 Å². The van der Waals surface area contributed by atoms with E-state index in [0.717, 1.165) is 5.69 Å². The molecule has 0 saturated carbocycles. The molecule has 6 nitrogen and oxygen atoms in total. The van der Waals surface area contributed by atoms with Crippen molar-refractivity contribution in [3.63, 3.8) is 0 Å². The Morgan fingerprint density at radius 1 is 1.12 bits per heavy atom. The zero-order valence-corrected chi connectivity index (χ0v) is 15.0. The molecule has 0 fully saturated rings. The summed E-state index contributed by atoms with van der Waals surface area (Å²) in [6.45, 7) is 5.93. The first-order valence-corrected chi connectivity index (χ1v) is 9.47. The Morgan fingerprint density at radius 2 is 1.75 bits per heavy atom. The van der Waals surface area contributed by atoms with Crippen LogP contribution >= 0.6 is 7.60 Å². The van der Waals surface area contributed by atoms with Gasteiger partial charge in [-0.2, -0.15) is 0 Å². The molecule has 0 bridgehead atoms. The fourth-order valence-corrected chi connectivity index (χ4v) is 4.23. The van der Waals surface area contributed by atoms with Crippen LogP contribution in [0, 0.1) is 6.92 Å². The highest BCUT2D eigenvalue weighted by atomic mass is 31.2. The molecule has 2 rings (SSSR count). The smallest absolute Gasteiger partial charge is 0.357 e. The van der Waals surface area contributed by atoms with Gasteiger partial charge in [0.1, 0.15) is 11.6 Å². The minimum Gasteiger partial charge on any atom is -0.508 e. The van der Waals surface area contributed by atoms with Gasteiger partial charge in [0, 0.05) is 5.69 Å². The predicted molar refractivity (Wildman–Crippen MR) is 94.3 cm³/mol. The number of hydrogen-bond donors (Lipinski definition) is 2. The Bertz CT molecular complexity index is 696. The number of aromatic hydroxyl groups is 1. The number of nitrogens with zero attached hydrogens (tertiary/aromatic N) is 1. The number of phenolic OH excluding ortho intramolecular Hbond substituents is 1. The highest BCUT2D eigenvalue weighted by Gasteiger charge is 2.37. The van der Waals surface area contributed by atoms with E-state index in [9.17, 15) is 9.67 Å². The summed E-state index contributed by atoms with van der Waals surface area (Å²) in [5.41, 5.74) is 1.52. The van der Waals surface area contributed by atoms with Gasteiger partial charge in [-0.3, -0.25) is 4.57 Å². The number of benzene rings is 1. The summed E-state index contributed by atoms with van der Waals surface area (Å²) in [7, 11) is -3.48. The molecule has 1 unspecified atom stereocenters. The molecule has 0 amide bonds. The molecule has 0 aliphatic rings. The number of phenols is 1. The Labute approximate surface area is 142 Å². The maximum atomic E-state index is 13.3.